The number of carbonyl (C=O) groups is 1. The normalized spacial score (nSPS) is 23.6. The van der Waals surface area contributed by atoms with Crippen molar-refractivity contribution in [3.63, 3.8) is 0 Å². The van der Waals surface area contributed by atoms with Gasteiger partial charge in [0.15, 0.2) is 11.5 Å². The molecule has 2 aliphatic heterocycles. The van der Waals surface area contributed by atoms with E-state index >= 15 is 0 Å². The maximum atomic E-state index is 13.5. The Morgan fingerprint density at radius 2 is 1.87 bits per heavy atom. The zero-order valence-electron chi connectivity index (χ0n) is 17.9. The van der Waals surface area contributed by atoms with Gasteiger partial charge in [0, 0.05) is 28.8 Å². The molecule has 3 aromatic carbocycles. The molecule has 2 heterocycles. The molecule has 1 spiro atoms. The van der Waals surface area contributed by atoms with Gasteiger partial charge in [0.25, 0.3) is 5.91 Å². The molecule has 5 heteroatoms. The highest BCUT2D eigenvalue weighted by Crippen LogP contribution is 2.55. The summed E-state index contributed by atoms with van der Waals surface area (Å²) in [5.74, 6) is 0.345. The van der Waals surface area contributed by atoms with Crippen LogP contribution in [0.4, 0.5) is 11.4 Å². The monoisotopic (exact) mass is 414 g/mol. The van der Waals surface area contributed by atoms with Gasteiger partial charge < -0.3 is 20.5 Å². The molecule has 0 fully saturated rings. The van der Waals surface area contributed by atoms with Gasteiger partial charge in [-0.3, -0.25) is 4.79 Å². The standard InChI is InChI=1S/C26H26N2O3/c1-4-16-9-11-20-18(13-16)24(17-10-12-22(29)23(14-17)31-3)15(2)26(28-20)19-7-5-6-8-21(19)27-25(26)30/h5-15,24,28-29H,4H2,1-3H3,(H,27,30)/t15-,24+,26-/m0/s1. The number of para-hydroxylation sites is 1. The molecule has 0 saturated heterocycles. The predicted octanol–water partition coefficient (Wildman–Crippen LogP) is 5.00. The molecule has 158 valence electrons. The molecule has 0 unspecified atom stereocenters. The van der Waals surface area contributed by atoms with Gasteiger partial charge in [-0.05, 0) is 47.4 Å². The lowest BCUT2D eigenvalue weighted by atomic mass is 9.65. The van der Waals surface area contributed by atoms with Crippen LogP contribution in [0.25, 0.3) is 0 Å². The Morgan fingerprint density at radius 1 is 1.06 bits per heavy atom. The summed E-state index contributed by atoms with van der Waals surface area (Å²) in [6.45, 7) is 4.27. The van der Waals surface area contributed by atoms with Gasteiger partial charge in [-0.1, -0.05) is 50.2 Å². The average Bonchev–Trinajstić information content (AvgIpc) is 3.07. The third-order valence-electron chi connectivity index (χ3n) is 6.90. The van der Waals surface area contributed by atoms with E-state index in [1.165, 1.54) is 5.56 Å². The summed E-state index contributed by atoms with van der Waals surface area (Å²) in [5.41, 5.74) is 5.30. The van der Waals surface area contributed by atoms with Gasteiger partial charge in [0.2, 0.25) is 0 Å². The molecular weight excluding hydrogens is 388 g/mol. The van der Waals surface area contributed by atoms with Crippen LogP contribution in [-0.2, 0) is 16.8 Å². The molecule has 5 nitrogen and oxygen atoms in total. The highest BCUT2D eigenvalue weighted by Gasteiger charge is 2.56. The second-order valence-electron chi connectivity index (χ2n) is 8.41. The lowest BCUT2D eigenvalue weighted by molar-refractivity contribution is -0.121. The molecule has 5 rings (SSSR count). The lowest BCUT2D eigenvalue weighted by Gasteiger charge is -2.45. The minimum atomic E-state index is -0.882. The number of fused-ring (bicyclic) bond motifs is 3. The van der Waals surface area contributed by atoms with Gasteiger partial charge in [-0.25, -0.2) is 0 Å². The molecule has 3 atom stereocenters. The molecule has 3 N–H and O–H groups in total. The van der Waals surface area contributed by atoms with E-state index < -0.39 is 5.54 Å². The second kappa shape index (κ2) is 7.05. The molecule has 0 bridgehead atoms. The SMILES string of the molecule is CCc1ccc2c(c1)[C@@H](c1ccc(O)c(OC)c1)[C@H](C)[C@@]1(N2)C(=O)Nc2ccccc21. The Labute approximate surface area is 182 Å². The van der Waals surface area contributed by atoms with Gasteiger partial charge in [0.05, 0.1) is 7.11 Å². The van der Waals surface area contributed by atoms with Crippen molar-refractivity contribution in [2.75, 3.05) is 17.7 Å². The molecule has 0 saturated carbocycles. The fourth-order valence-electron chi connectivity index (χ4n) is 5.26. The number of carbonyl (C=O) groups excluding carboxylic acids is 1. The molecular formula is C26H26N2O3. The smallest absolute Gasteiger partial charge is 0.255 e. The molecule has 0 aliphatic carbocycles. The zero-order valence-corrected chi connectivity index (χ0v) is 17.9. The van der Waals surface area contributed by atoms with Crippen LogP contribution in [0.3, 0.4) is 0 Å². The maximum absolute atomic E-state index is 13.5. The zero-order chi connectivity index (χ0) is 21.8. The molecule has 0 radical (unpaired) electrons. The van der Waals surface area contributed by atoms with E-state index in [9.17, 15) is 9.90 Å². The Balaban J connectivity index is 1.76. The van der Waals surface area contributed by atoms with E-state index in [1.807, 2.05) is 36.4 Å². The number of hydrogen-bond donors (Lipinski definition) is 3. The minimum absolute atomic E-state index is 0.0397. The Kier molecular flexibility index (Phi) is 4.43. The van der Waals surface area contributed by atoms with E-state index in [2.05, 4.69) is 42.7 Å². The van der Waals surface area contributed by atoms with E-state index in [0.29, 0.717) is 5.75 Å². The van der Waals surface area contributed by atoms with Crippen LogP contribution in [0.1, 0.15) is 42.0 Å². The van der Waals surface area contributed by atoms with Crippen LogP contribution >= 0.6 is 0 Å². The summed E-state index contributed by atoms with van der Waals surface area (Å²) < 4.78 is 5.39. The first-order chi connectivity index (χ1) is 15.0. The minimum Gasteiger partial charge on any atom is -0.504 e. The number of hydrogen-bond acceptors (Lipinski definition) is 4. The third kappa shape index (κ3) is 2.73. The lowest BCUT2D eigenvalue weighted by Crippen LogP contribution is -2.52. The van der Waals surface area contributed by atoms with Crippen molar-refractivity contribution in [2.45, 2.75) is 31.7 Å². The molecule has 3 aromatic rings. The first-order valence-electron chi connectivity index (χ1n) is 10.7. The largest absolute Gasteiger partial charge is 0.504 e. The maximum Gasteiger partial charge on any atom is 0.255 e. The number of aromatic hydroxyl groups is 1. The fraction of sp³-hybridized carbons (Fsp3) is 0.269. The molecule has 1 amide bonds. The predicted molar refractivity (Wildman–Crippen MR) is 122 cm³/mol. The van der Waals surface area contributed by atoms with Crippen molar-refractivity contribution >= 4 is 17.3 Å². The van der Waals surface area contributed by atoms with Crippen molar-refractivity contribution in [3.05, 3.63) is 82.9 Å². The van der Waals surface area contributed by atoms with Crippen LogP contribution in [0.2, 0.25) is 0 Å². The number of benzene rings is 3. The summed E-state index contributed by atoms with van der Waals surface area (Å²) in [5, 5.41) is 16.9. The van der Waals surface area contributed by atoms with E-state index in [-0.39, 0.29) is 23.5 Å². The van der Waals surface area contributed by atoms with Crippen LogP contribution in [0, 0.1) is 5.92 Å². The molecule has 2 aliphatic rings. The van der Waals surface area contributed by atoms with E-state index in [0.717, 1.165) is 34.5 Å². The first kappa shape index (κ1) is 19.5. The summed E-state index contributed by atoms with van der Waals surface area (Å²) in [6, 6.07) is 19.8. The average molecular weight is 415 g/mol. The number of aryl methyl sites for hydroxylation is 1. The molecule has 31 heavy (non-hydrogen) atoms. The summed E-state index contributed by atoms with van der Waals surface area (Å²) in [7, 11) is 1.55. The van der Waals surface area contributed by atoms with Crippen LogP contribution in [0.5, 0.6) is 11.5 Å². The highest BCUT2D eigenvalue weighted by molar-refractivity contribution is 6.08. The second-order valence-corrected chi connectivity index (χ2v) is 8.41. The van der Waals surface area contributed by atoms with Crippen molar-refractivity contribution in [2.24, 2.45) is 5.92 Å². The number of amides is 1. The molecule has 0 aromatic heterocycles. The first-order valence-corrected chi connectivity index (χ1v) is 10.7. The third-order valence-corrected chi connectivity index (χ3v) is 6.90. The summed E-state index contributed by atoms with van der Waals surface area (Å²) in [4.78, 5) is 13.5. The summed E-state index contributed by atoms with van der Waals surface area (Å²) >= 11 is 0. The number of methoxy groups -OCH3 is 1. The quantitative estimate of drug-likeness (QED) is 0.564. The van der Waals surface area contributed by atoms with E-state index in [1.54, 1.807) is 13.2 Å². The van der Waals surface area contributed by atoms with Crippen LogP contribution < -0.4 is 15.4 Å². The Hall–Kier alpha value is -3.47. The van der Waals surface area contributed by atoms with Gasteiger partial charge in [0.1, 0.15) is 5.54 Å². The Bertz CT molecular complexity index is 1190. The van der Waals surface area contributed by atoms with Crippen molar-refractivity contribution in [1.29, 1.82) is 0 Å². The van der Waals surface area contributed by atoms with Crippen LogP contribution in [-0.4, -0.2) is 18.1 Å². The topological polar surface area (TPSA) is 70.6 Å². The number of phenolic OH excluding ortho intramolecular Hbond substituents is 1. The van der Waals surface area contributed by atoms with Crippen molar-refractivity contribution in [1.82, 2.24) is 0 Å². The fourth-order valence-corrected chi connectivity index (χ4v) is 5.26. The number of anilines is 2. The van der Waals surface area contributed by atoms with Crippen LogP contribution in [0.15, 0.2) is 60.7 Å². The van der Waals surface area contributed by atoms with E-state index in [4.69, 9.17) is 4.74 Å². The highest BCUT2D eigenvalue weighted by atomic mass is 16.5. The van der Waals surface area contributed by atoms with Gasteiger partial charge >= 0.3 is 0 Å². The van der Waals surface area contributed by atoms with Crippen molar-refractivity contribution in [3.8, 4) is 11.5 Å². The number of phenols is 1. The Morgan fingerprint density at radius 3 is 2.65 bits per heavy atom. The number of rotatable bonds is 3. The van der Waals surface area contributed by atoms with Gasteiger partial charge in [-0.15, -0.1) is 0 Å². The number of nitrogens with one attached hydrogen (secondary N) is 2. The summed E-state index contributed by atoms with van der Waals surface area (Å²) in [6.07, 6.45) is 0.932. The van der Waals surface area contributed by atoms with Gasteiger partial charge in [-0.2, -0.15) is 0 Å². The van der Waals surface area contributed by atoms with Crippen molar-refractivity contribution < 1.29 is 14.6 Å². The number of ether oxygens (including phenoxy) is 1.